The number of aromatic nitrogens is 6. The van der Waals surface area contributed by atoms with Gasteiger partial charge in [0.25, 0.3) is 0 Å². The lowest BCUT2D eigenvalue weighted by Crippen LogP contribution is -2.46. The third kappa shape index (κ3) is 5.04. The first-order valence-corrected chi connectivity index (χ1v) is 13.8. The first-order chi connectivity index (χ1) is 20.6. The average molecular weight is 558 g/mol. The Hall–Kier alpha value is -5.22. The summed E-state index contributed by atoms with van der Waals surface area (Å²) in [5.74, 6) is 1.55. The number of hydrogen-bond donors (Lipinski definition) is 1. The number of nitrogens with zero attached hydrogens (tertiary/aromatic N) is 8. The third-order valence-corrected chi connectivity index (χ3v) is 7.53. The van der Waals surface area contributed by atoms with Crippen molar-refractivity contribution in [3.8, 4) is 28.3 Å². The number of anilines is 2. The van der Waals surface area contributed by atoms with Crippen LogP contribution in [0.1, 0.15) is 5.56 Å². The Balaban J connectivity index is 1.20. The Labute approximate surface area is 242 Å². The minimum Gasteiger partial charge on any atom is -0.383 e. The lowest BCUT2D eigenvalue weighted by atomic mass is 10.1. The lowest BCUT2D eigenvalue weighted by Gasteiger charge is -2.34. The van der Waals surface area contributed by atoms with Crippen LogP contribution in [-0.4, -0.2) is 60.6 Å². The fourth-order valence-electron chi connectivity index (χ4n) is 5.34. The largest absolute Gasteiger partial charge is 0.383 e. The molecule has 2 N–H and O–H groups in total. The third-order valence-electron chi connectivity index (χ3n) is 7.53. The highest BCUT2D eigenvalue weighted by atomic mass is 19.1. The van der Waals surface area contributed by atoms with Crippen molar-refractivity contribution in [2.24, 2.45) is 0 Å². The van der Waals surface area contributed by atoms with Crippen molar-refractivity contribution in [1.29, 1.82) is 0 Å². The predicted octanol–water partition coefficient (Wildman–Crippen LogP) is 4.98. The van der Waals surface area contributed by atoms with Crippen molar-refractivity contribution in [1.82, 2.24) is 34.4 Å². The molecule has 5 heterocycles. The topological polar surface area (TPSA) is 102 Å². The van der Waals surface area contributed by atoms with Crippen LogP contribution in [0.15, 0.2) is 97.5 Å². The molecule has 1 aliphatic rings. The van der Waals surface area contributed by atoms with Crippen molar-refractivity contribution < 1.29 is 4.39 Å². The van der Waals surface area contributed by atoms with Gasteiger partial charge in [-0.15, -0.1) is 0 Å². The molecule has 7 rings (SSSR count). The summed E-state index contributed by atoms with van der Waals surface area (Å²) < 4.78 is 15.6. The molecule has 10 heteroatoms. The smallest absolute Gasteiger partial charge is 0.225 e. The highest BCUT2D eigenvalue weighted by Crippen LogP contribution is 2.32. The molecule has 208 valence electrons. The molecule has 0 amide bonds. The van der Waals surface area contributed by atoms with E-state index in [2.05, 4.69) is 49.0 Å². The number of rotatable bonds is 6. The van der Waals surface area contributed by atoms with Gasteiger partial charge in [-0.1, -0.05) is 12.1 Å². The highest BCUT2D eigenvalue weighted by Gasteiger charge is 2.21. The molecule has 4 aromatic heterocycles. The second kappa shape index (κ2) is 11.0. The van der Waals surface area contributed by atoms with E-state index in [4.69, 9.17) is 15.7 Å². The monoisotopic (exact) mass is 557 g/mol. The van der Waals surface area contributed by atoms with E-state index in [1.54, 1.807) is 30.7 Å². The molecule has 0 radical (unpaired) electrons. The molecule has 0 saturated carbocycles. The van der Waals surface area contributed by atoms with E-state index < -0.39 is 0 Å². The normalized spacial score (nSPS) is 14.0. The summed E-state index contributed by atoms with van der Waals surface area (Å²) in [6, 6.07) is 24.2. The van der Waals surface area contributed by atoms with Crippen molar-refractivity contribution in [3.63, 3.8) is 0 Å². The van der Waals surface area contributed by atoms with Crippen LogP contribution < -0.4 is 10.6 Å². The summed E-state index contributed by atoms with van der Waals surface area (Å²) in [4.78, 5) is 27.6. The van der Waals surface area contributed by atoms with E-state index in [9.17, 15) is 4.39 Å². The van der Waals surface area contributed by atoms with E-state index in [1.165, 1.54) is 17.7 Å². The van der Waals surface area contributed by atoms with Gasteiger partial charge in [0.15, 0.2) is 11.5 Å². The van der Waals surface area contributed by atoms with E-state index in [0.29, 0.717) is 17.3 Å². The van der Waals surface area contributed by atoms with Crippen LogP contribution in [0.2, 0.25) is 0 Å². The summed E-state index contributed by atoms with van der Waals surface area (Å²) in [6.07, 6.45) is 5.23. The zero-order valence-corrected chi connectivity index (χ0v) is 22.8. The van der Waals surface area contributed by atoms with Crippen LogP contribution in [0.5, 0.6) is 0 Å². The fraction of sp³-hybridized carbons (Fsp3) is 0.156. The zero-order chi connectivity index (χ0) is 28.5. The number of fused-ring (bicyclic) bond motifs is 1. The average Bonchev–Trinajstić information content (AvgIpc) is 3.41. The Morgan fingerprint density at radius 3 is 2.21 bits per heavy atom. The summed E-state index contributed by atoms with van der Waals surface area (Å²) in [5, 5.41) is 0. The number of benzene rings is 2. The summed E-state index contributed by atoms with van der Waals surface area (Å²) in [7, 11) is 0. The minimum atomic E-state index is -0.286. The van der Waals surface area contributed by atoms with Crippen molar-refractivity contribution in [2.45, 2.75) is 6.54 Å². The minimum absolute atomic E-state index is 0.286. The van der Waals surface area contributed by atoms with Crippen LogP contribution in [-0.2, 0) is 6.54 Å². The molecular formula is C32H28FN9. The fourth-order valence-corrected chi connectivity index (χ4v) is 5.34. The number of imidazole rings is 1. The Morgan fingerprint density at radius 2 is 1.48 bits per heavy atom. The van der Waals surface area contributed by atoms with Crippen molar-refractivity contribution in [2.75, 3.05) is 36.8 Å². The Kier molecular flexibility index (Phi) is 6.73. The van der Waals surface area contributed by atoms with Crippen LogP contribution in [0.4, 0.5) is 16.2 Å². The molecule has 0 aliphatic carbocycles. The Morgan fingerprint density at radius 1 is 0.738 bits per heavy atom. The van der Waals surface area contributed by atoms with Gasteiger partial charge in [-0.2, -0.15) is 0 Å². The van der Waals surface area contributed by atoms with Crippen LogP contribution in [0.25, 0.3) is 39.5 Å². The highest BCUT2D eigenvalue weighted by molar-refractivity contribution is 5.84. The van der Waals surface area contributed by atoms with Crippen LogP contribution in [0, 0.1) is 5.82 Å². The summed E-state index contributed by atoms with van der Waals surface area (Å²) in [5.41, 5.74) is 12.1. The molecular weight excluding hydrogens is 529 g/mol. The number of halogens is 1. The number of pyridine rings is 2. The van der Waals surface area contributed by atoms with Gasteiger partial charge < -0.3 is 10.6 Å². The molecule has 1 saturated heterocycles. The molecule has 1 aliphatic heterocycles. The molecule has 0 unspecified atom stereocenters. The van der Waals surface area contributed by atoms with Crippen LogP contribution in [0.3, 0.4) is 0 Å². The molecule has 42 heavy (non-hydrogen) atoms. The van der Waals surface area contributed by atoms with Gasteiger partial charge in [0, 0.05) is 62.6 Å². The summed E-state index contributed by atoms with van der Waals surface area (Å²) in [6.45, 7) is 4.51. The molecule has 0 spiro atoms. The van der Waals surface area contributed by atoms with Crippen LogP contribution >= 0.6 is 0 Å². The van der Waals surface area contributed by atoms with Gasteiger partial charge >= 0.3 is 0 Å². The van der Waals surface area contributed by atoms with Crippen molar-refractivity contribution >= 4 is 22.9 Å². The van der Waals surface area contributed by atoms with Gasteiger partial charge in [-0.05, 0) is 72.3 Å². The first kappa shape index (κ1) is 25.7. The number of nitrogen functional groups attached to an aromatic ring is 1. The van der Waals surface area contributed by atoms with Gasteiger partial charge in [-0.25, -0.2) is 29.3 Å². The maximum absolute atomic E-state index is 13.6. The summed E-state index contributed by atoms with van der Waals surface area (Å²) >= 11 is 0. The second-order valence-corrected chi connectivity index (χ2v) is 10.2. The predicted molar refractivity (Wildman–Crippen MR) is 161 cm³/mol. The van der Waals surface area contributed by atoms with E-state index >= 15 is 0 Å². The Bertz CT molecular complexity index is 1830. The zero-order valence-electron chi connectivity index (χ0n) is 22.8. The van der Waals surface area contributed by atoms with E-state index in [1.807, 2.05) is 34.9 Å². The van der Waals surface area contributed by atoms with E-state index in [-0.39, 0.29) is 5.82 Å². The molecule has 9 nitrogen and oxygen atoms in total. The van der Waals surface area contributed by atoms with Gasteiger partial charge in [-0.3, -0.25) is 9.47 Å². The van der Waals surface area contributed by atoms with Gasteiger partial charge in [0.05, 0.1) is 11.3 Å². The van der Waals surface area contributed by atoms with Gasteiger partial charge in [0.1, 0.15) is 17.2 Å². The van der Waals surface area contributed by atoms with Crippen molar-refractivity contribution in [3.05, 3.63) is 109 Å². The van der Waals surface area contributed by atoms with E-state index in [0.717, 1.165) is 66.7 Å². The SMILES string of the molecule is Nc1ncccc1-c1nc2ccc(-c3ccc(F)cc3)nc2n1-c1ccc(CN2CCN(c3ncccn3)CC2)cc1. The molecule has 1 fully saturated rings. The molecule has 0 bridgehead atoms. The lowest BCUT2D eigenvalue weighted by molar-refractivity contribution is 0.248. The number of hydrogen-bond acceptors (Lipinski definition) is 8. The first-order valence-electron chi connectivity index (χ1n) is 13.8. The molecule has 2 aromatic carbocycles. The molecule has 0 atom stereocenters. The number of nitrogens with two attached hydrogens (primary N) is 1. The quantitative estimate of drug-likeness (QED) is 0.306. The number of piperazine rings is 1. The van der Waals surface area contributed by atoms with Gasteiger partial charge in [0.2, 0.25) is 5.95 Å². The maximum atomic E-state index is 13.6. The second-order valence-electron chi connectivity index (χ2n) is 10.2. The standard InChI is InChI=1S/C32H28FN9/c33-24-8-6-23(7-9-24)27-12-13-28-31(38-27)42(30(39-28)26-3-1-14-35-29(26)34)25-10-4-22(5-11-25)21-40-17-19-41(20-18-40)32-36-15-2-16-37-32/h1-16H,17-21H2,(H2,34,35). The maximum Gasteiger partial charge on any atom is 0.225 e. The molecule has 6 aromatic rings.